The summed E-state index contributed by atoms with van der Waals surface area (Å²) in [6.07, 6.45) is -0.502. The van der Waals surface area contributed by atoms with E-state index in [0.717, 1.165) is 0 Å². The molecule has 0 aliphatic carbocycles. The fourth-order valence-electron chi connectivity index (χ4n) is 0.830. The quantitative estimate of drug-likeness (QED) is 0.460. The molecule has 1 aliphatic heterocycles. The molecule has 0 aromatic rings. The van der Waals surface area contributed by atoms with Crippen LogP contribution in [0.4, 0.5) is 4.39 Å². The SMILES string of the molecule is CC1CCC(F)C(=O)O1. The number of carbonyl (C=O) groups excluding carboxylic acids is 1. The molecule has 0 N–H and O–H groups in total. The molecule has 1 aliphatic rings. The smallest absolute Gasteiger partial charge is 0.340 e. The van der Waals surface area contributed by atoms with Crippen LogP contribution >= 0.6 is 0 Å². The van der Waals surface area contributed by atoms with Gasteiger partial charge in [0.05, 0.1) is 6.10 Å². The van der Waals surface area contributed by atoms with Gasteiger partial charge in [-0.05, 0) is 19.8 Å². The van der Waals surface area contributed by atoms with Crippen molar-refractivity contribution in [1.82, 2.24) is 0 Å². The summed E-state index contributed by atoms with van der Waals surface area (Å²) in [5.41, 5.74) is 0. The molecule has 9 heavy (non-hydrogen) atoms. The minimum absolute atomic E-state index is 0.0931. The molecule has 2 unspecified atom stereocenters. The first-order valence-electron chi connectivity index (χ1n) is 3.04. The van der Waals surface area contributed by atoms with Crippen LogP contribution in [0, 0.1) is 0 Å². The second-order valence-corrected chi connectivity index (χ2v) is 2.29. The van der Waals surface area contributed by atoms with Crippen molar-refractivity contribution >= 4 is 5.97 Å². The lowest BCUT2D eigenvalue weighted by Gasteiger charge is -2.20. The van der Waals surface area contributed by atoms with Crippen LogP contribution in [-0.4, -0.2) is 18.2 Å². The van der Waals surface area contributed by atoms with Crippen LogP contribution in [0.1, 0.15) is 19.8 Å². The molecule has 2 nitrogen and oxygen atoms in total. The van der Waals surface area contributed by atoms with E-state index in [2.05, 4.69) is 4.74 Å². The molecule has 1 fully saturated rings. The van der Waals surface area contributed by atoms with Crippen molar-refractivity contribution in [3.8, 4) is 0 Å². The van der Waals surface area contributed by atoms with Crippen LogP contribution in [0.3, 0.4) is 0 Å². The Morgan fingerprint density at radius 1 is 1.67 bits per heavy atom. The summed E-state index contributed by atoms with van der Waals surface area (Å²) < 4.78 is 16.9. The fourth-order valence-corrected chi connectivity index (χ4v) is 0.830. The van der Waals surface area contributed by atoms with Gasteiger partial charge in [0.25, 0.3) is 0 Å². The third-order valence-corrected chi connectivity index (χ3v) is 1.40. The Morgan fingerprint density at radius 2 is 2.33 bits per heavy atom. The van der Waals surface area contributed by atoms with E-state index < -0.39 is 12.1 Å². The van der Waals surface area contributed by atoms with E-state index in [1.165, 1.54) is 0 Å². The zero-order chi connectivity index (χ0) is 6.85. The van der Waals surface area contributed by atoms with Crippen LogP contribution in [0.5, 0.6) is 0 Å². The molecule has 0 aromatic carbocycles. The standard InChI is InChI=1S/C6H9FO2/c1-4-2-3-5(7)6(8)9-4/h4-5H,2-3H2,1H3. The number of hydrogen-bond donors (Lipinski definition) is 0. The summed E-state index contributed by atoms with van der Waals surface area (Å²) >= 11 is 0. The maximum absolute atomic E-state index is 12.3. The van der Waals surface area contributed by atoms with Gasteiger partial charge in [-0.3, -0.25) is 0 Å². The molecule has 0 radical (unpaired) electrons. The molecule has 3 heteroatoms. The van der Waals surface area contributed by atoms with Crippen molar-refractivity contribution in [2.75, 3.05) is 0 Å². The normalized spacial score (nSPS) is 36.0. The summed E-state index contributed by atoms with van der Waals surface area (Å²) in [5.74, 6) is -0.700. The third kappa shape index (κ3) is 1.40. The predicted molar refractivity (Wildman–Crippen MR) is 29.7 cm³/mol. The lowest BCUT2D eigenvalue weighted by atomic mass is 10.1. The highest BCUT2D eigenvalue weighted by molar-refractivity contribution is 5.75. The van der Waals surface area contributed by atoms with Crippen molar-refractivity contribution < 1.29 is 13.9 Å². The van der Waals surface area contributed by atoms with Gasteiger partial charge < -0.3 is 4.74 Å². The van der Waals surface area contributed by atoms with Crippen LogP contribution in [-0.2, 0) is 9.53 Å². The number of alkyl halides is 1. The van der Waals surface area contributed by atoms with Crippen molar-refractivity contribution in [1.29, 1.82) is 0 Å². The molecular formula is C6H9FO2. The number of hydrogen-bond acceptors (Lipinski definition) is 2. The van der Waals surface area contributed by atoms with Gasteiger partial charge >= 0.3 is 5.97 Å². The van der Waals surface area contributed by atoms with Gasteiger partial charge in [-0.2, -0.15) is 0 Å². The van der Waals surface area contributed by atoms with Crippen molar-refractivity contribution in [2.45, 2.75) is 32.0 Å². The Bertz CT molecular complexity index is 124. The number of carbonyl (C=O) groups is 1. The largest absolute Gasteiger partial charge is 0.461 e. The van der Waals surface area contributed by atoms with E-state index in [-0.39, 0.29) is 6.10 Å². The molecular weight excluding hydrogens is 123 g/mol. The van der Waals surface area contributed by atoms with Crippen LogP contribution in [0.2, 0.25) is 0 Å². The Kier molecular flexibility index (Phi) is 1.69. The fraction of sp³-hybridized carbons (Fsp3) is 0.833. The molecule has 0 amide bonds. The summed E-state index contributed by atoms with van der Waals surface area (Å²) in [6, 6.07) is 0. The molecule has 1 saturated heterocycles. The molecule has 1 heterocycles. The topological polar surface area (TPSA) is 26.3 Å². The molecule has 0 spiro atoms. The van der Waals surface area contributed by atoms with E-state index in [1.54, 1.807) is 6.92 Å². The Labute approximate surface area is 53.0 Å². The third-order valence-electron chi connectivity index (χ3n) is 1.40. The zero-order valence-electron chi connectivity index (χ0n) is 5.26. The first kappa shape index (κ1) is 6.52. The first-order chi connectivity index (χ1) is 4.20. The minimum Gasteiger partial charge on any atom is -0.461 e. The molecule has 52 valence electrons. The van der Waals surface area contributed by atoms with Gasteiger partial charge in [0, 0.05) is 0 Å². The van der Waals surface area contributed by atoms with Crippen molar-refractivity contribution in [2.24, 2.45) is 0 Å². The van der Waals surface area contributed by atoms with E-state index in [1.807, 2.05) is 0 Å². The highest BCUT2D eigenvalue weighted by Gasteiger charge is 2.26. The molecule has 0 saturated carbocycles. The lowest BCUT2D eigenvalue weighted by molar-refractivity contribution is -0.160. The second-order valence-electron chi connectivity index (χ2n) is 2.29. The van der Waals surface area contributed by atoms with Crippen LogP contribution < -0.4 is 0 Å². The van der Waals surface area contributed by atoms with Crippen LogP contribution in [0.25, 0.3) is 0 Å². The van der Waals surface area contributed by atoms with Gasteiger partial charge in [0.2, 0.25) is 0 Å². The average Bonchev–Trinajstić information content (AvgIpc) is 1.80. The molecule has 1 rings (SSSR count). The summed E-state index contributed by atoms with van der Waals surface area (Å²) in [5, 5.41) is 0. The van der Waals surface area contributed by atoms with E-state index >= 15 is 0 Å². The van der Waals surface area contributed by atoms with E-state index in [0.29, 0.717) is 12.8 Å². The highest BCUT2D eigenvalue weighted by Crippen LogP contribution is 2.16. The maximum atomic E-state index is 12.3. The highest BCUT2D eigenvalue weighted by atomic mass is 19.1. The molecule has 2 atom stereocenters. The number of halogens is 1. The average molecular weight is 132 g/mol. The number of esters is 1. The summed E-state index contributed by atoms with van der Waals surface area (Å²) in [4.78, 5) is 10.4. The molecule has 0 bridgehead atoms. The zero-order valence-corrected chi connectivity index (χ0v) is 5.26. The first-order valence-corrected chi connectivity index (χ1v) is 3.04. The monoisotopic (exact) mass is 132 g/mol. The summed E-state index contributed by atoms with van der Waals surface area (Å²) in [6.45, 7) is 1.77. The Balaban J connectivity index is 2.44. The summed E-state index contributed by atoms with van der Waals surface area (Å²) in [7, 11) is 0. The Hall–Kier alpha value is -0.600. The minimum atomic E-state index is -1.37. The predicted octanol–water partition coefficient (Wildman–Crippen LogP) is 1.05. The van der Waals surface area contributed by atoms with Crippen molar-refractivity contribution in [3.63, 3.8) is 0 Å². The number of ether oxygens (including phenoxy) is 1. The Morgan fingerprint density at radius 3 is 2.78 bits per heavy atom. The lowest BCUT2D eigenvalue weighted by Crippen LogP contribution is -2.30. The van der Waals surface area contributed by atoms with Crippen molar-refractivity contribution in [3.05, 3.63) is 0 Å². The number of cyclic esters (lactones) is 1. The number of rotatable bonds is 0. The van der Waals surface area contributed by atoms with Gasteiger partial charge in [-0.15, -0.1) is 0 Å². The maximum Gasteiger partial charge on any atom is 0.340 e. The van der Waals surface area contributed by atoms with Gasteiger partial charge in [-0.25, -0.2) is 9.18 Å². The van der Waals surface area contributed by atoms with E-state index in [9.17, 15) is 9.18 Å². The van der Waals surface area contributed by atoms with E-state index in [4.69, 9.17) is 0 Å². The van der Waals surface area contributed by atoms with Crippen LogP contribution in [0.15, 0.2) is 0 Å². The molecule has 0 aromatic heterocycles. The van der Waals surface area contributed by atoms with Gasteiger partial charge in [0.15, 0.2) is 6.17 Å². The van der Waals surface area contributed by atoms with Gasteiger partial charge in [0.1, 0.15) is 0 Å². The van der Waals surface area contributed by atoms with Gasteiger partial charge in [-0.1, -0.05) is 0 Å². The second kappa shape index (κ2) is 2.33.